The Kier molecular flexibility index (Phi) is 5.86. The molecule has 0 fully saturated rings. The highest BCUT2D eigenvalue weighted by atomic mass is 32.2. The topological polar surface area (TPSA) is 62.2 Å². The quantitative estimate of drug-likeness (QED) is 0.663. The van der Waals surface area contributed by atoms with Crippen molar-refractivity contribution < 1.29 is 14.3 Å². The number of thioether (sulfide) groups is 2. The molecule has 144 valence electrons. The molecule has 0 saturated carbocycles. The number of anilines is 1. The van der Waals surface area contributed by atoms with Crippen LogP contribution in [0, 0.1) is 0 Å². The molecule has 1 atom stereocenters. The van der Waals surface area contributed by atoms with E-state index in [1.807, 2.05) is 42.4 Å². The number of ether oxygens (including phenoxy) is 1. The van der Waals surface area contributed by atoms with E-state index in [1.54, 1.807) is 6.92 Å². The molecule has 0 aliphatic carbocycles. The molecule has 2 aliphatic rings. The smallest absolute Gasteiger partial charge is 0.346 e. The predicted octanol–water partition coefficient (Wildman–Crippen LogP) is 4.01. The monoisotopic (exact) mass is 405 g/mol. The molecule has 6 nitrogen and oxygen atoms in total. The van der Waals surface area contributed by atoms with Crippen molar-refractivity contribution in [2.24, 2.45) is 5.10 Å². The number of rotatable bonds is 6. The molecule has 3 rings (SSSR count). The second-order valence-corrected chi connectivity index (χ2v) is 8.77. The lowest BCUT2D eigenvalue weighted by atomic mass is 10.2. The van der Waals surface area contributed by atoms with E-state index in [0.717, 1.165) is 24.2 Å². The first-order valence-electron chi connectivity index (χ1n) is 8.91. The van der Waals surface area contributed by atoms with Crippen LogP contribution in [0.3, 0.4) is 0 Å². The van der Waals surface area contributed by atoms with Gasteiger partial charge in [0.25, 0.3) is 0 Å². The Balaban J connectivity index is 2.06. The van der Waals surface area contributed by atoms with Gasteiger partial charge in [0.05, 0.1) is 12.3 Å². The molecule has 0 bridgehead atoms. The summed E-state index contributed by atoms with van der Waals surface area (Å²) in [6.07, 6.45) is 1.65. The van der Waals surface area contributed by atoms with Crippen LogP contribution in [0.2, 0.25) is 0 Å². The SMILES string of the molecule is CCCC1=C(C(=O)OCC)S[C@]2(SC(C(C)=O)=NN2c2ccccc2)N1C. The molecule has 0 unspecified atom stereocenters. The van der Waals surface area contributed by atoms with Gasteiger partial charge in [0.1, 0.15) is 4.91 Å². The lowest BCUT2D eigenvalue weighted by Crippen LogP contribution is -2.47. The highest BCUT2D eigenvalue weighted by molar-refractivity contribution is 8.28. The molecular weight excluding hydrogens is 382 g/mol. The van der Waals surface area contributed by atoms with Gasteiger partial charge in [-0.05, 0) is 37.2 Å². The highest BCUT2D eigenvalue weighted by Gasteiger charge is 2.56. The average Bonchev–Trinajstić information content (AvgIpc) is 3.17. The number of benzene rings is 1. The third-order valence-corrected chi connectivity index (χ3v) is 7.36. The van der Waals surface area contributed by atoms with E-state index in [4.69, 9.17) is 4.74 Å². The van der Waals surface area contributed by atoms with Crippen molar-refractivity contribution in [1.82, 2.24) is 4.90 Å². The number of para-hydroxylation sites is 1. The van der Waals surface area contributed by atoms with E-state index in [9.17, 15) is 9.59 Å². The van der Waals surface area contributed by atoms with Gasteiger partial charge in [-0.1, -0.05) is 43.3 Å². The van der Waals surface area contributed by atoms with E-state index in [1.165, 1.54) is 30.4 Å². The molecule has 0 radical (unpaired) electrons. The van der Waals surface area contributed by atoms with Crippen LogP contribution >= 0.6 is 23.5 Å². The maximum atomic E-state index is 12.6. The fourth-order valence-electron chi connectivity index (χ4n) is 3.01. The van der Waals surface area contributed by atoms with Gasteiger partial charge in [-0.15, -0.1) is 0 Å². The van der Waals surface area contributed by atoms with E-state index in [2.05, 4.69) is 16.9 Å². The van der Waals surface area contributed by atoms with Crippen LogP contribution in [-0.2, 0) is 14.3 Å². The Hall–Kier alpha value is -1.93. The second kappa shape index (κ2) is 7.98. The number of carbonyl (C=O) groups excluding carboxylic acids is 2. The normalized spacial score (nSPS) is 21.9. The molecule has 0 saturated heterocycles. The first-order valence-corrected chi connectivity index (χ1v) is 10.5. The number of Topliss-reactive ketones (excluding diaryl/α,β-unsaturated/α-hetero) is 1. The molecule has 0 amide bonds. The van der Waals surface area contributed by atoms with Gasteiger partial charge in [0.15, 0.2) is 10.8 Å². The van der Waals surface area contributed by atoms with Crippen molar-refractivity contribution in [2.75, 3.05) is 18.7 Å². The Morgan fingerprint density at radius 2 is 1.89 bits per heavy atom. The molecule has 1 aromatic carbocycles. The number of ketones is 1. The van der Waals surface area contributed by atoms with Crippen LogP contribution in [-0.4, -0.2) is 39.7 Å². The lowest BCUT2D eigenvalue weighted by Gasteiger charge is -2.39. The van der Waals surface area contributed by atoms with Crippen LogP contribution in [0.1, 0.15) is 33.6 Å². The molecule has 0 aromatic heterocycles. The van der Waals surface area contributed by atoms with Crippen molar-refractivity contribution >= 4 is 46.0 Å². The average molecular weight is 406 g/mol. The number of carbonyl (C=O) groups is 2. The summed E-state index contributed by atoms with van der Waals surface area (Å²) in [5.41, 5.74) is 1.79. The maximum Gasteiger partial charge on any atom is 0.346 e. The Labute approximate surface area is 168 Å². The van der Waals surface area contributed by atoms with E-state index < -0.39 is 4.33 Å². The Bertz CT molecular complexity index is 810. The van der Waals surface area contributed by atoms with Crippen LogP contribution < -0.4 is 5.01 Å². The van der Waals surface area contributed by atoms with Crippen molar-refractivity contribution in [3.8, 4) is 0 Å². The molecule has 8 heteroatoms. The summed E-state index contributed by atoms with van der Waals surface area (Å²) in [5, 5.41) is 6.86. The van der Waals surface area contributed by atoms with Crippen LogP contribution in [0.25, 0.3) is 0 Å². The number of nitrogens with zero attached hydrogens (tertiary/aromatic N) is 3. The molecule has 27 heavy (non-hydrogen) atoms. The Morgan fingerprint density at radius 1 is 1.19 bits per heavy atom. The van der Waals surface area contributed by atoms with Crippen LogP contribution in [0.5, 0.6) is 0 Å². The van der Waals surface area contributed by atoms with E-state index >= 15 is 0 Å². The first kappa shape index (κ1) is 19.8. The molecule has 1 aromatic rings. The zero-order valence-corrected chi connectivity index (χ0v) is 17.5. The zero-order chi connectivity index (χ0) is 19.6. The molecule has 0 N–H and O–H groups in total. The summed E-state index contributed by atoms with van der Waals surface area (Å²) >= 11 is 2.78. The van der Waals surface area contributed by atoms with Gasteiger partial charge >= 0.3 is 5.97 Å². The van der Waals surface area contributed by atoms with Gasteiger partial charge in [-0.3, -0.25) is 4.79 Å². The second-order valence-electron chi connectivity index (χ2n) is 6.17. The van der Waals surface area contributed by atoms with Crippen molar-refractivity contribution in [3.05, 3.63) is 40.9 Å². The van der Waals surface area contributed by atoms with Gasteiger partial charge in [-0.2, -0.15) is 5.10 Å². The first-order chi connectivity index (χ1) is 12.9. The fourth-order valence-corrected chi connectivity index (χ4v) is 5.90. The predicted molar refractivity (Wildman–Crippen MR) is 111 cm³/mol. The number of hydrogen-bond donors (Lipinski definition) is 0. The minimum atomic E-state index is -0.755. The lowest BCUT2D eigenvalue weighted by molar-refractivity contribution is -0.137. The maximum absolute atomic E-state index is 12.6. The van der Waals surface area contributed by atoms with Gasteiger partial charge < -0.3 is 9.64 Å². The van der Waals surface area contributed by atoms with Gasteiger partial charge in [0.2, 0.25) is 4.33 Å². The molecule has 1 spiro atoms. The minimum Gasteiger partial charge on any atom is -0.462 e. The zero-order valence-electron chi connectivity index (χ0n) is 15.9. The minimum absolute atomic E-state index is 0.0894. The number of hydrogen-bond acceptors (Lipinski definition) is 8. The van der Waals surface area contributed by atoms with Crippen molar-refractivity contribution in [2.45, 2.75) is 37.9 Å². The standard InChI is InChI=1S/C19H23N3O3S2/c1-5-10-15-16(18(24)25-6-2)26-19(21(15)4)22(14-11-8-7-9-12-14)20-17(27-19)13(3)23/h7-9,11-12H,5-6,10H2,1-4H3/t19-/m0/s1. The summed E-state index contributed by atoms with van der Waals surface area (Å²) in [5.74, 6) is -0.409. The molecular formula is C19H23N3O3S2. The summed E-state index contributed by atoms with van der Waals surface area (Å²) in [7, 11) is 1.95. The summed E-state index contributed by atoms with van der Waals surface area (Å²) in [6.45, 7) is 5.71. The number of esters is 1. The third-order valence-electron chi connectivity index (χ3n) is 4.26. The van der Waals surface area contributed by atoms with Crippen molar-refractivity contribution in [3.63, 3.8) is 0 Å². The number of allylic oxidation sites excluding steroid dienone is 1. The summed E-state index contributed by atoms with van der Waals surface area (Å²) in [6, 6.07) is 9.70. The Morgan fingerprint density at radius 3 is 2.48 bits per heavy atom. The molecule has 2 heterocycles. The van der Waals surface area contributed by atoms with E-state index in [-0.39, 0.29) is 11.8 Å². The van der Waals surface area contributed by atoms with Crippen LogP contribution in [0.15, 0.2) is 46.0 Å². The highest BCUT2D eigenvalue weighted by Crippen LogP contribution is 2.59. The van der Waals surface area contributed by atoms with Crippen molar-refractivity contribution in [1.29, 1.82) is 0 Å². The fraction of sp³-hybridized carbons (Fsp3) is 0.421. The number of hydrazone groups is 1. The third kappa shape index (κ3) is 3.48. The van der Waals surface area contributed by atoms with E-state index in [0.29, 0.717) is 16.6 Å². The summed E-state index contributed by atoms with van der Waals surface area (Å²) in [4.78, 5) is 27.4. The van der Waals surface area contributed by atoms with Crippen LogP contribution in [0.4, 0.5) is 5.69 Å². The largest absolute Gasteiger partial charge is 0.462 e. The molecule has 2 aliphatic heterocycles. The van der Waals surface area contributed by atoms with Gasteiger partial charge in [-0.25, -0.2) is 9.80 Å². The summed E-state index contributed by atoms with van der Waals surface area (Å²) < 4.78 is 4.54. The van der Waals surface area contributed by atoms with Gasteiger partial charge in [0, 0.05) is 19.7 Å².